The third-order valence-electron chi connectivity index (χ3n) is 5.68. The molecule has 0 atom stereocenters. The lowest BCUT2D eigenvalue weighted by atomic mass is 10.0. The van der Waals surface area contributed by atoms with Gasteiger partial charge in [0.15, 0.2) is 11.5 Å². The van der Waals surface area contributed by atoms with E-state index in [2.05, 4.69) is 22.3 Å². The summed E-state index contributed by atoms with van der Waals surface area (Å²) in [4.78, 5) is 14.8. The molecular formula is C26H27N3O4. The first kappa shape index (κ1) is 22.2. The van der Waals surface area contributed by atoms with Crippen molar-refractivity contribution in [1.29, 1.82) is 0 Å². The second-order valence-electron chi connectivity index (χ2n) is 8.06. The van der Waals surface area contributed by atoms with Crippen molar-refractivity contribution in [3.05, 3.63) is 82.5 Å². The SMILES string of the molecule is COc1cccc(CN(C)C(=O)c2cc3c(Cc4cccc(C)c4)n[nH]c3cc2O)c1OC. The Bertz CT molecular complexity index is 1310. The number of ether oxygens (including phenoxy) is 2. The van der Waals surface area contributed by atoms with Gasteiger partial charge in [0.25, 0.3) is 5.91 Å². The molecule has 0 aliphatic rings. The molecule has 4 aromatic rings. The van der Waals surface area contributed by atoms with Crippen LogP contribution in [-0.2, 0) is 13.0 Å². The Morgan fingerprint density at radius 2 is 1.88 bits per heavy atom. The van der Waals surface area contributed by atoms with Crippen LogP contribution in [0.15, 0.2) is 54.6 Å². The predicted molar refractivity (Wildman–Crippen MR) is 127 cm³/mol. The van der Waals surface area contributed by atoms with Crippen LogP contribution in [0.1, 0.15) is 32.7 Å². The molecule has 1 amide bonds. The Morgan fingerprint density at radius 3 is 2.61 bits per heavy atom. The summed E-state index contributed by atoms with van der Waals surface area (Å²) in [7, 11) is 4.83. The summed E-state index contributed by atoms with van der Waals surface area (Å²) in [6.45, 7) is 2.34. The Hall–Kier alpha value is -4.00. The van der Waals surface area contributed by atoms with Gasteiger partial charge in [-0.25, -0.2) is 0 Å². The zero-order valence-corrected chi connectivity index (χ0v) is 19.2. The van der Waals surface area contributed by atoms with E-state index in [9.17, 15) is 9.90 Å². The summed E-state index contributed by atoms with van der Waals surface area (Å²) in [5.41, 5.74) is 4.84. The van der Waals surface area contributed by atoms with Crippen molar-refractivity contribution in [3.63, 3.8) is 0 Å². The van der Waals surface area contributed by atoms with Crippen molar-refractivity contribution in [2.45, 2.75) is 19.9 Å². The first-order valence-corrected chi connectivity index (χ1v) is 10.6. The van der Waals surface area contributed by atoms with E-state index < -0.39 is 0 Å². The minimum atomic E-state index is -0.304. The summed E-state index contributed by atoms with van der Waals surface area (Å²) in [6, 6.07) is 17.0. The van der Waals surface area contributed by atoms with Crippen LogP contribution >= 0.6 is 0 Å². The Morgan fingerprint density at radius 1 is 1.09 bits per heavy atom. The molecule has 7 heteroatoms. The first-order valence-electron chi connectivity index (χ1n) is 10.6. The lowest BCUT2D eigenvalue weighted by Crippen LogP contribution is -2.26. The van der Waals surface area contributed by atoms with Crippen molar-refractivity contribution in [1.82, 2.24) is 15.1 Å². The van der Waals surface area contributed by atoms with E-state index in [4.69, 9.17) is 9.47 Å². The van der Waals surface area contributed by atoms with Crippen molar-refractivity contribution < 1.29 is 19.4 Å². The van der Waals surface area contributed by atoms with E-state index >= 15 is 0 Å². The number of phenolic OH excluding ortho intramolecular Hbond substituents is 1. The average molecular weight is 446 g/mol. The highest BCUT2D eigenvalue weighted by Crippen LogP contribution is 2.32. The fourth-order valence-electron chi connectivity index (χ4n) is 4.04. The van der Waals surface area contributed by atoms with E-state index in [0.29, 0.717) is 23.4 Å². The van der Waals surface area contributed by atoms with Crippen molar-refractivity contribution in [2.75, 3.05) is 21.3 Å². The number of aromatic amines is 1. The number of fused-ring (bicyclic) bond motifs is 1. The number of nitrogens with one attached hydrogen (secondary N) is 1. The molecule has 33 heavy (non-hydrogen) atoms. The van der Waals surface area contributed by atoms with Crippen LogP contribution in [0.2, 0.25) is 0 Å². The predicted octanol–water partition coefficient (Wildman–Crippen LogP) is 4.46. The lowest BCUT2D eigenvalue weighted by molar-refractivity contribution is 0.0781. The molecule has 0 bridgehead atoms. The summed E-state index contributed by atoms with van der Waals surface area (Å²) >= 11 is 0. The topological polar surface area (TPSA) is 87.7 Å². The number of carbonyl (C=O) groups is 1. The number of aromatic nitrogens is 2. The van der Waals surface area contributed by atoms with Gasteiger partial charge in [-0.3, -0.25) is 9.89 Å². The Balaban J connectivity index is 1.63. The summed E-state index contributed by atoms with van der Waals surface area (Å²) in [5, 5.41) is 18.8. The van der Waals surface area contributed by atoms with Crippen molar-refractivity contribution in [3.8, 4) is 17.2 Å². The molecule has 2 N–H and O–H groups in total. The number of hydrogen-bond acceptors (Lipinski definition) is 5. The molecule has 0 aliphatic carbocycles. The monoisotopic (exact) mass is 445 g/mol. The summed E-state index contributed by atoms with van der Waals surface area (Å²) < 4.78 is 10.8. The van der Waals surface area contributed by atoms with E-state index in [0.717, 1.165) is 22.2 Å². The number of phenols is 1. The maximum atomic E-state index is 13.3. The van der Waals surface area contributed by atoms with Gasteiger partial charge in [-0.05, 0) is 24.6 Å². The number of aryl methyl sites for hydroxylation is 1. The number of methoxy groups -OCH3 is 2. The van der Waals surface area contributed by atoms with Gasteiger partial charge in [-0.2, -0.15) is 5.10 Å². The maximum Gasteiger partial charge on any atom is 0.257 e. The van der Waals surface area contributed by atoms with Gasteiger partial charge in [0.2, 0.25) is 0 Å². The smallest absolute Gasteiger partial charge is 0.257 e. The minimum absolute atomic E-state index is 0.0947. The molecule has 0 unspecified atom stereocenters. The van der Waals surface area contributed by atoms with E-state index in [1.807, 2.05) is 31.2 Å². The molecule has 1 heterocycles. The molecule has 0 saturated heterocycles. The first-order chi connectivity index (χ1) is 15.9. The molecule has 0 saturated carbocycles. The Labute approximate surface area is 192 Å². The summed E-state index contributed by atoms with van der Waals surface area (Å²) in [5.74, 6) is 0.776. The van der Waals surface area contributed by atoms with Crippen LogP contribution in [0.3, 0.4) is 0 Å². The van der Waals surface area contributed by atoms with E-state index in [-0.39, 0.29) is 23.8 Å². The number of hydrogen-bond donors (Lipinski definition) is 2. The molecule has 0 radical (unpaired) electrons. The number of aromatic hydroxyl groups is 1. The molecule has 0 aliphatic heterocycles. The molecule has 1 aromatic heterocycles. The third kappa shape index (κ3) is 4.48. The lowest BCUT2D eigenvalue weighted by Gasteiger charge is -2.20. The number of carbonyl (C=O) groups excluding carboxylic acids is 1. The normalized spacial score (nSPS) is 10.9. The fourth-order valence-corrected chi connectivity index (χ4v) is 4.04. The molecule has 0 spiro atoms. The highest BCUT2D eigenvalue weighted by molar-refractivity contribution is 6.01. The maximum absolute atomic E-state index is 13.3. The van der Waals surface area contributed by atoms with Gasteiger partial charge in [0.1, 0.15) is 5.75 Å². The third-order valence-corrected chi connectivity index (χ3v) is 5.68. The van der Waals surface area contributed by atoms with Gasteiger partial charge < -0.3 is 19.5 Å². The second-order valence-corrected chi connectivity index (χ2v) is 8.06. The minimum Gasteiger partial charge on any atom is -0.507 e. The van der Waals surface area contributed by atoms with Crippen molar-refractivity contribution in [2.24, 2.45) is 0 Å². The second kappa shape index (κ2) is 9.24. The molecular weight excluding hydrogens is 418 g/mol. The Kier molecular flexibility index (Phi) is 6.22. The van der Waals surface area contributed by atoms with Gasteiger partial charge in [-0.1, -0.05) is 42.0 Å². The number of amides is 1. The number of rotatable bonds is 7. The van der Waals surface area contributed by atoms with Crippen molar-refractivity contribution >= 4 is 16.8 Å². The molecule has 0 fully saturated rings. The van der Waals surface area contributed by atoms with Crippen LogP contribution in [0.25, 0.3) is 10.9 Å². The van der Waals surface area contributed by atoms with Gasteiger partial charge in [-0.15, -0.1) is 0 Å². The fraction of sp³-hybridized carbons (Fsp3) is 0.231. The quantitative estimate of drug-likeness (QED) is 0.439. The van der Waals surface area contributed by atoms with Gasteiger partial charge in [0.05, 0.1) is 31.0 Å². The molecule has 170 valence electrons. The number of H-pyrrole nitrogens is 1. The van der Waals surface area contributed by atoms with Crippen LogP contribution in [0.4, 0.5) is 0 Å². The average Bonchev–Trinajstić information content (AvgIpc) is 3.18. The molecule has 4 rings (SSSR count). The number of benzene rings is 3. The van der Waals surface area contributed by atoms with Crippen LogP contribution in [0.5, 0.6) is 17.2 Å². The zero-order chi connectivity index (χ0) is 23.5. The zero-order valence-electron chi connectivity index (χ0n) is 19.2. The van der Waals surface area contributed by atoms with Crippen LogP contribution in [0, 0.1) is 6.92 Å². The summed E-state index contributed by atoms with van der Waals surface area (Å²) in [6.07, 6.45) is 0.622. The molecule has 3 aromatic carbocycles. The van der Waals surface area contributed by atoms with Gasteiger partial charge >= 0.3 is 0 Å². The van der Waals surface area contributed by atoms with E-state index in [1.54, 1.807) is 44.4 Å². The highest BCUT2D eigenvalue weighted by atomic mass is 16.5. The largest absolute Gasteiger partial charge is 0.507 e. The van der Waals surface area contributed by atoms with Gasteiger partial charge in [0, 0.05) is 37.0 Å². The van der Waals surface area contributed by atoms with Crippen LogP contribution in [-0.4, -0.2) is 47.4 Å². The standard InChI is InChI=1S/C26H27N3O4/c1-16-7-5-8-17(11-16)12-21-19-13-20(23(30)14-22(19)28-27-21)26(31)29(2)15-18-9-6-10-24(32-3)25(18)33-4/h5-11,13-14,30H,12,15H2,1-4H3,(H,27,28). The van der Waals surface area contributed by atoms with E-state index in [1.165, 1.54) is 5.56 Å². The van der Waals surface area contributed by atoms with Crippen LogP contribution < -0.4 is 9.47 Å². The number of nitrogens with zero attached hydrogens (tertiary/aromatic N) is 2. The highest BCUT2D eigenvalue weighted by Gasteiger charge is 2.21. The molecule has 7 nitrogen and oxygen atoms in total. The number of para-hydroxylation sites is 1.